The molecule has 2 aromatic carbocycles. The van der Waals surface area contributed by atoms with Crippen molar-refractivity contribution in [2.75, 3.05) is 11.9 Å². The minimum Gasteiger partial charge on any atom is -0.423 e. The Hall–Kier alpha value is -1.78. The third-order valence-electron chi connectivity index (χ3n) is 2.87. The van der Waals surface area contributed by atoms with E-state index >= 15 is 0 Å². The first-order valence-electron chi connectivity index (χ1n) is 5.88. The molecule has 0 saturated carbocycles. The van der Waals surface area contributed by atoms with Crippen LogP contribution in [0.1, 0.15) is 5.56 Å². The van der Waals surface area contributed by atoms with Crippen molar-refractivity contribution in [3.63, 3.8) is 0 Å². The molecule has 0 aliphatic carbocycles. The Labute approximate surface area is 107 Å². The van der Waals surface area contributed by atoms with Gasteiger partial charge in [-0.3, -0.25) is 0 Å². The predicted octanol–water partition coefficient (Wildman–Crippen LogP) is 1.00. The summed E-state index contributed by atoms with van der Waals surface area (Å²) in [5.41, 5.74) is 2.70. The Balaban J connectivity index is 2.12. The molecule has 3 nitrogen and oxygen atoms in total. The van der Waals surface area contributed by atoms with E-state index in [-0.39, 0.29) is 0 Å². The fraction of sp³-hybridized carbons (Fsp3) is 0.143. The highest BCUT2D eigenvalue weighted by Gasteiger charge is 2.11. The lowest BCUT2D eigenvalue weighted by atomic mass is 9.79. The standard InChI is InChI=1S/C14H16BNO2/c1-16(14-8-3-2-4-9-14)11-12-6-5-7-13(10-12)15(17)18/h2-10,17-18H,11H2,1H3. The Bertz CT molecular complexity index is 502. The molecule has 4 heteroatoms. The summed E-state index contributed by atoms with van der Waals surface area (Å²) in [7, 11) is 0.601. The SMILES string of the molecule is CN(Cc1cccc(B(O)O)c1)c1ccccc1. The predicted molar refractivity (Wildman–Crippen MR) is 74.8 cm³/mol. The van der Waals surface area contributed by atoms with Crippen LogP contribution in [0.4, 0.5) is 5.69 Å². The van der Waals surface area contributed by atoms with E-state index in [4.69, 9.17) is 10.0 Å². The Kier molecular flexibility index (Phi) is 4.02. The molecule has 2 aromatic rings. The zero-order valence-electron chi connectivity index (χ0n) is 10.3. The Morgan fingerprint density at radius 3 is 2.39 bits per heavy atom. The number of anilines is 1. The molecule has 0 aliphatic heterocycles. The summed E-state index contributed by atoms with van der Waals surface area (Å²) in [5, 5.41) is 18.3. The lowest BCUT2D eigenvalue weighted by Crippen LogP contribution is -2.30. The highest BCUT2D eigenvalue weighted by atomic mass is 16.4. The highest BCUT2D eigenvalue weighted by molar-refractivity contribution is 6.58. The molecule has 0 saturated heterocycles. The van der Waals surface area contributed by atoms with E-state index in [9.17, 15) is 0 Å². The number of rotatable bonds is 4. The van der Waals surface area contributed by atoms with Crippen molar-refractivity contribution in [2.45, 2.75) is 6.54 Å². The Morgan fingerprint density at radius 2 is 1.72 bits per heavy atom. The van der Waals surface area contributed by atoms with Gasteiger partial charge in [0.2, 0.25) is 0 Å². The summed E-state index contributed by atoms with van der Waals surface area (Å²) in [6.07, 6.45) is 0. The van der Waals surface area contributed by atoms with Gasteiger partial charge in [-0.1, -0.05) is 42.5 Å². The molecule has 0 spiro atoms. The molecule has 0 aliphatic rings. The van der Waals surface area contributed by atoms with Crippen LogP contribution in [0.25, 0.3) is 0 Å². The van der Waals surface area contributed by atoms with Gasteiger partial charge in [-0.15, -0.1) is 0 Å². The summed E-state index contributed by atoms with van der Waals surface area (Å²) in [4.78, 5) is 2.11. The van der Waals surface area contributed by atoms with Crippen LogP contribution in [-0.2, 0) is 6.54 Å². The first-order valence-corrected chi connectivity index (χ1v) is 5.88. The minimum atomic E-state index is -1.41. The van der Waals surface area contributed by atoms with Gasteiger partial charge in [-0.2, -0.15) is 0 Å². The van der Waals surface area contributed by atoms with E-state index in [2.05, 4.69) is 4.90 Å². The summed E-state index contributed by atoms with van der Waals surface area (Å²) in [5.74, 6) is 0. The topological polar surface area (TPSA) is 43.7 Å². The summed E-state index contributed by atoms with van der Waals surface area (Å²) in [6, 6.07) is 17.4. The van der Waals surface area contributed by atoms with Gasteiger partial charge in [0.15, 0.2) is 0 Å². The molecular weight excluding hydrogens is 225 g/mol. The van der Waals surface area contributed by atoms with Gasteiger partial charge in [-0.25, -0.2) is 0 Å². The number of nitrogens with zero attached hydrogens (tertiary/aromatic N) is 1. The Morgan fingerprint density at radius 1 is 1.00 bits per heavy atom. The van der Waals surface area contributed by atoms with Gasteiger partial charge in [-0.05, 0) is 23.2 Å². The molecule has 2 rings (SSSR count). The first kappa shape index (κ1) is 12.7. The third-order valence-corrected chi connectivity index (χ3v) is 2.87. The first-order chi connectivity index (χ1) is 8.66. The second kappa shape index (κ2) is 5.71. The fourth-order valence-electron chi connectivity index (χ4n) is 1.90. The van der Waals surface area contributed by atoms with Crippen molar-refractivity contribution in [1.82, 2.24) is 0 Å². The molecule has 0 aromatic heterocycles. The summed E-state index contributed by atoms with van der Waals surface area (Å²) < 4.78 is 0. The average Bonchev–Trinajstić information content (AvgIpc) is 2.40. The van der Waals surface area contributed by atoms with E-state index in [0.717, 1.165) is 17.8 Å². The van der Waals surface area contributed by atoms with E-state index in [1.54, 1.807) is 6.07 Å². The van der Waals surface area contributed by atoms with Crippen LogP contribution in [-0.4, -0.2) is 24.2 Å². The number of para-hydroxylation sites is 1. The van der Waals surface area contributed by atoms with Crippen LogP contribution in [0.5, 0.6) is 0 Å². The van der Waals surface area contributed by atoms with Crippen molar-refractivity contribution < 1.29 is 10.0 Å². The van der Waals surface area contributed by atoms with Gasteiger partial charge in [0, 0.05) is 19.3 Å². The summed E-state index contributed by atoms with van der Waals surface area (Å²) in [6.45, 7) is 0.727. The zero-order chi connectivity index (χ0) is 13.0. The van der Waals surface area contributed by atoms with Gasteiger partial charge in [0.1, 0.15) is 0 Å². The van der Waals surface area contributed by atoms with Gasteiger partial charge >= 0.3 is 7.12 Å². The smallest absolute Gasteiger partial charge is 0.423 e. The lowest BCUT2D eigenvalue weighted by Gasteiger charge is -2.19. The maximum Gasteiger partial charge on any atom is 0.488 e. The number of hydrogen-bond donors (Lipinski definition) is 2. The van der Waals surface area contributed by atoms with Gasteiger partial charge < -0.3 is 14.9 Å². The monoisotopic (exact) mass is 241 g/mol. The third kappa shape index (κ3) is 3.12. The fourth-order valence-corrected chi connectivity index (χ4v) is 1.90. The van der Waals surface area contributed by atoms with Crippen molar-refractivity contribution in [1.29, 1.82) is 0 Å². The van der Waals surface area contributed by atoms with Crippen LogP contribution >= 0.6 is 0 Å². The van der Waals surface area contributed by atoms with Gasteiger partial charge in [0.05, 0.1) is 0 Å². The van der Waals surface area contributed by atoms with Crippen LogP contribution in [0.3, 0.4) is 0 Å². The molecule has 0 unspecified atom stereocenters. The molecule has 0 heterocycles. The molecule has 0 fully saturated rings. The van der Waals surface area contributed by atoms with E-state index in [0.29, 0.717) is 5.46 Å². The lowest BCUT2D eigenvalue weighted by molar-refractivity contribution is 0.425. The van der Waals surface area contributed by atoms with Crippen molar-refractivity contribution in [2.24, 2.45) is 0 Å². The summed E-state index contributed by atoms with van der Waals surface area (Å²) >= 11 is 0. The molecule has 0 amide bonds. The number of benzene rings is 2. The van der Waals surface area contributed by atoms with Crippen LogP contribution in [0.15, 0.2) is 54.6 Å². The maximum atomic E-state index is 9.14. The maximum absolute atomic E-state index is 9.14. The average molecular weight is 241 g/mol. The molecule has 92 valence electrons. The second-order valence-electron chi connectivity index (χ2n) is 4.31. The van der Waals surface area contributed by atoms with Gasteiger partial charge in [0.25, 0.3) is 0 Å². The largest absolute Gasteiger partial charge is 0.488 e. The van der Waals surface area contributed by atoms with Crippen LogP contribution in [0, 0.1) is 0 Å². The van der Waals surface area contributed by atoms with E-state index < -0.39 is 7.12 Å². The van der Waals surface area contributed by atoms with Crippen LogP contribution in [0.2, 0.25) is 0 Å². The van der Waals surface area contributed by atoms with E-state index in [1.165, 1.54) is 0 Å². The molecular formula is C14H16BNO2. The quantitative estimate of drug-likeness (QED) is 0.785. The molecule has 2 N–H and O–H groups in total. The highest BCUT2D eigenvalue weighted by Crippen LogP contribution is 2.13. The van der Waals surface area contributed by atoms with Crippen molar-refractivity contribution >= 4 is 18.3 Å². The zero-order valence-corrected chi connectivity index (χ0v) is 10.3. The van der Waals surface area contributed by atoms with Crippen molar-refractivity contribution in [3.8, 4) is 0 Å². The van der Waals surface area contributed by atoms with Crippen molar-refractivity contribution in [3.05, 3.63) is 60.2 Å². The van der Waals surface area contributed by atoms with E-state index in [1.807, 2.05) is 55.6 Å². The molecule has 0 radical (unpaired) electrons. The second-order valence-corrected chi connectivity index (χ2v) is 4.31. The normalized spacial score (nSPS) is 10.2. The molecule has 0 atom stereocenters. The minimum absolute atomic E-state index is 0.522. The molecule has 0 bridgehead atoms. The molecule has 18 heavy (non-hydrogen) atoms. The van der Waals surface area contributed by atoms with Crippen LogP contribution < -0.4 is 10.4 Å². The number of hydrogen-bond acceptors (Lipinski definition) is 3.